The molecule has 0 spiro atoms. The van der Waals surface area contributed by atoms with E-state index in [1.54, 1.807) is 12.1 Å². The number of nitrogens with one attached hydrogen (secondary N) is 2. The van der Waals surface area contributed by atoms with Crippen LogP contribution < -0.4 is 14.8 Å². The number of para-hydroxylation sites is 2. The third-order valence-corrected chi connectivity index (χ3v) is 5.80. The van der Waals surface area contributed by atoms with Crippen LogP contribution in [0.5, 0.6) is 11.5 Å². The standard InChI is InChI=1S/C30H27N3O3/c34-29(21-36-25-17-15-24(16-18-25)35-20-23-11-5-2-6-12-23)31-28(19-22-9-3-1-4-10-22)30-32-26-13-7-8-14-27(26)33-30/h1-18,28H,19-21H2,(H,31,34)(H,32,33)/t28-/m1/s1. The lowest BCUT2D eigenvalue weighted by molar-refractivity contribution is -0.123. The first-order valence-electron chi connectivity index (χ1n) is 11.9. The Balaban J connectivity index is 1.20. The molecule has 4 aromatic carbocycles. The smallest absolute Gasteiger partial charge is 0.258 e. The number of carbonyl (C=O) groups is 1. The first kappa shape index (κ1) is 23.2. The summed E-state index contributed by atoms with van der Waals surface area (Å²) in [5.41, 5.74) is 4.01. The van der Waals surface area contributed by atoms with E-state index in [-0.39, 0.29) is 18.6 Å². The molecule has 0 aliphatic carbocycles. The van der Waals surface area contributed by atoms with Crippen LogP contribution in [0.15, 0.2) is 109 Å². The highest BCUT2D eigenvalue weighted by Gasteiger charge is 2.19. The van der Waals surface area contributed by atoms with Crippen molar-refractivity contribution in [2.45, 2.75) is 19.1 Å². The zero-order valence-electron chi connectivity index (χ0n) is 19.8. The first-order chi connectivity index (χ1) is 17.7. The third kappa shape index (κ3) is 6.10. The lowest BCUT2D eigenvalue weighted by Gasteiger charge is -2.17. The minimum absolute atomic E-state index is 0.101. The third-order valence-electron chi connectivity index (χ3n) is 5.80. The molecule has 1 amide bonds. The van der Waals surface area contributed by atoms with E-state index in [1.807, 2.05) is 97.1 Å². The van der Waals surface area contributed by atoms with Gasteiger partial charge in [-0.3, -0.25) is 4.79 Å². The highest BCUT2D eigenvalue weighted by atomic mass is 16.5. The summed E-state index contributed by atoms with van der Waals surface area (Å²) in [5.74, 6) is 1.83. The fraction of sp³-hybridized carbons (Fsp3) is 0.133. The van der Waals surface area contributed by atoms with Gasteiger partial charge in [-0.05, 0) is 53.9 Å². The average Bonchev–Trinajstić information content (AvgIpc) is 3.37. The molecule has 0 radical (unpaired) electrons. The lowest BCUT2D eigenvalue weighted by Crippen LogP contribution is -2.34. The molecular formula is C30H27N3O3. The Morgan fingerprint density at radius 2 is 1.36 bits per heavy atom. The molecule has 0 unspecified atom stereocenters. The van der Waals surface area contributed by atoms with Crippen LogP contribution in [0.2, 0.25) is 0 Å². The van der Waals surface area contributed by atoms with Crippen molar-refractivity contribution in [3.8, 4) is 11.5 Å². The predicted octanol–water partition coefficient (Wildman–Crippen LogP) is 5.62. The minimum Gasteiger partial charge on any atom is -0.489 e. The molecule has 2 N–H and O–H groups in total. The summed E-state index contributed by atoms with van der Waals surface area (Å²) in [6.45, 7) is 0.393. The molecule has 1 atom stereocenters. The number of carbonyl (C=O) groups excluding carboxylic acids is 1. The number of aromatic amines is 1. The summed E-state index contributed by atoms with van der Waals surface area (Å²) in [7, 11) is 0. The largest absolute Gasteiger partial charge is 0.489 e. The summed E-state index contributed by atoms with van der Waals surface area (Å²) in [6.07, 6.45) is 0.611. The molecule has 0 aliphatic heterocycles. The maximum Gasteiger partial charge on any atom is 0.258 e. The number of aromatic nitrogens is 2. The predicted molar refractivity (Wildman–Crippen MR) is 140 cm³/mol. The van der Waals surface area contributed by atoms with Gasteiger partial charge in [0.1, 0.15) is 23.9 Å². The fourth-order valence-corrected chi connectivity index (χ4v) is 3.96. The highest BCUT2D eigenvalue weighted by molar-refractivity contribution is 5.78. The number of fused-ring (bicyclic) bond motifs is 1. The van der Waals surface area contributed by atoms with Crippen molar-refractivity contribution in [1.82, 2.24) is 15.3 Å². The van der Waals surface area contributed by atoms with Crippen LogP contribution in [0.25, 0.3) is 11.0 Å². The average molecular weight is 478 g/mol. The van der Waals surface area contributed by atoms with Gasteiger partial charge in [0, 0.05) is 0 Å². The van der Waals surface area contributed by atoms with Gasteiger partial charge in [-0.25, -0.2) is 4.98 Å². The Hall–Kier alpha value is -4.58. The van der Waals surface area contributed by atoms with Crippen molar-refractivity contribution in [1.29, 1.82) is 0 Å². The zero-order valence-corrected chi connectivity index (χ0v) is 19.8. The van der Waals surface area contributed by atoms with E-state index in [0.717, 1.165) is 27.9 Å². The highest BCUT2D eigenvalue weighted by Crippen LogP contribution is 2.21. The molecule has 5 rings (SSSR count). The minimum atomic E-state index is -0.315. The topological polar surface area (TPSA) is 76.2 Å². The van der Waals surface area contributed by atoms with Gasteiger partial charge in [-0.1, -0.05) is 72.8 Å². The first-order valence-corrected chi connectivity index (χ1v) is 11.9. The number of nitrogens with zero attached hydrogens (tertiary/aromatic N) is 1. The van der Waals surface area contributed by atoms with Crippen LogP contribution in [0.1, 0.15) is 23.0 Å². The Morgan fingerprint density at radius 1 is 0.750 bits per heavy atom. The van der Waals surface area contributed by atoms with Crippen LogP contribution in [0.3, 0.4) is 0 Å². The van der Waals surface area contributed by atoms with Crippen molar-refractivity contribution in [2.24, 2.45) is 0 Å². The van der Waals surface area contributed by atoms with Gasteiger partial charge in [0.25, 0.3) is 5.91 Å². The summed E-state index contributed by atoms with van der Waals surface area (Å²) >= 11 is 0. The molecule has 1 aromatic heterocycles. The van der Waals surface area contributed by atoms with Crippen LogP contribution in [-0.2, 0) is 17.8 Å². The molecule has 5 aromatic rings. The second-order valence-corrected chi connectivity index (χ2v) is 8.48. The number of ether oxygens (including phenoxy) is 2. The summed E-state index contributed by atoms with van der Waals surface area (Å²) in [4.78, 5) is 20.9. The van der Waals surface area contributed by atoms with Crippen molar-refractivity contribution in [2.75, 3.05) is 6.61 Å². The van der Waals surface area contributed by atoms with Crippen molar-refractivity contribution >= 4 is 16.9 Å². The number of hydrogen-bond acceptors (Lipinski definition) is 4. The molecular weight excluding hydrogens is 450 g/mol. The lowest BCUT2D eigenvalue weighted by atomic mass is 10.1. The fourth-order valence-electron chi connectivity index (χ4n) is 3.96. The normalized spacial score (nSPS) is 11.7. The van der Waals surface area contributed by atoms with Gasteiger partial charge in [0.2, 0.25) is 0 Å². The van der Waals surface area contributed by atoms with Crippen LogP contribution >= 0.6 is 0 Å². The van der Waals surface area contributed by atoms with E-state index in [2.05, 4.69) is 10.3 Å². The molecule has 0 bridgehead atoms. The summed E-state index contributed by atoms with van der Waals surface area (Å²) in [6, 6.07) is 34.8. The van der Waals surface area contributed by atoms with Crippen molar-refractivity contribution < 1.29 is 14.3 Å². The van der Waals surface area contributed by atoms with Crippen LogP contribution in [-0.4, -0.2) is 22.5 Å². The van der Waals surface area contributed by atoms with E-state index < -0.39 is 0 Å². The Labute approximate surface area is 209 Å². The number of rotatable bonds is 10. The maximum absolute atomic E-state index is 12.8. The van der Waals surface area contributed by atoms with E-state index in [1.165, 1.54) is 0 Å². The molecule has 0 saturated carbocycles. The molecule has 36 heavy (non-hydrogen) atoms. The van der Waals surface area contributed by atoms with Crippen LogP contribution in [0.4, 0.5) is 0 Å². The number of benzene rings is 4. The summed E-state index contributed by atoms with van der Waals surface area (Å²) in [5, 5.41) is 3.08. The number of hydrogen-bond donors (Lipinski definition) is 2. The monoisotopic (exact) mass is 477 g/mol. The van der Waals surface area contributed by atoms with E-state index >= 15 is 0 Å². The Bertz CT molecular complexity index is 1370. The molecule has 0 fully saturated rings. The second-order valence-electron chi connectivity index (χ2n) is 8.48. The quantitative estimate of drug-likeness (QED) is 0.274. The second kappa shape index (κ2) is 11.2. The number of H-pyrrole nitrogens is 1. The molecule has 180 valence electrons. The molecule has 6 heteroatoms. The van der Waals surface area contributed by atoms with Crippen molar-refractivity contribution in [3.05, 3.63) is 126 Å². The van der Waals surface area contributed by atoms with Gasteiger partial charge in [-0.2, -0.15) is 0 Å². The Kier molecular flexibility index (Phi) is 7.23. The maximum atomic E-state index is 12.8. The zero-order chi connectivity index (χ0) is 24.6. The van der Waals surface area contributed by atoms with E-state index in [0.29, 0.717) is 24.6 Å². The van der Waals surface area contributed by atoms with Gasteiger partial charge < -0.3 is 19.8 Å². The number of imidazole rings is 1. The van der Waals surface area contributed by atoms with Crippen LogP contribution in [0, 0.1) is 0 Å². The Morgan fingerprint density at radius 3 is 2.06 bits per heavy atom. The van der Waals surface area contributed by atoms with E-state index in [4.69, 9.17) is 14.5 Å². The van der Waals surface area contributed by atoms with Gasteiger partial charge in [0.05, 0.1) is 17.1 Å². The van der Waals surface area contributed by atoms with Crippen molar-refractivity contribution in [3.63, 3.8) is 0 Å². The van der Waals surface area contributed by atoms with Gasteiger partial charge >= 0.3 is 0 Å². The molecule has 0 aliphatic rings. The molecule has 1 heterocycles. The van der Waals surface area contributed by atoms with E-state index in [9.17, 15) is 4.79 Å². The van der Waals surface area contributed by atoms with Gasteiger partial charge in [-0.15, -0.1) is 0 Å². The molecule has 0 saturated heterocycles. The SMILES string of the molecule is O=C(COc1ccc(OCc2ccccc2)cc1)N[C@H](Cc1ccccc1)c1nc2ccccc2[nH]1. The number of amides is 1. The summed E-state index contributed by atoms with van der Waals surface area (Å²) < 4.78 is 11.5. The molecule has 6 nitrogen and oxygen atoms in total. The van der Waals surface area contributed by atoms with Gasteiger partial charge in [0.15, 0.2) is 6.61 Å².